The number of piperazine rings is 1. The highest BCUT2D eigenvalue weighted by Crippen LogP contribution is 2.33. The van der Waals surface area contributed by atoms with Crippen molar-refractivity contribution in [2.45, 2.75) is 45.8 Å². The molecule has 2 aliphatic rings. The van der Waals surface area contributed by atoms with Crippen LogP contribution in [-0.4, -0.2) is 73.2 Å². The fourth-order valence-electron chi connectivity index (χ4n) is 3.79. The van der Waals surface area contributed by atoms with E-state index in [2.05, 4.69) is 29.0 Å². The molecule has 0 saturated carbocycles. The van der Waals surface area contributed by atoms with Crippen molar-refractivity contribution >= 4 is 11.6 Å². The Labute approximate surface area is 157 Å². The maximum absolute atomic E-state index is 12.6. The van der Waals surface area contributed by atoms with Crippen molar-refractivity contribution < 1.29 is 9.53 Å². The average Bonchev–Trinajstić information content (AvgIpc) is 3.09. The Morgan fingerprint density at radius 1 is 1.23 bits per heavy atom. The third kappa shape index (κ3) is 4.54. The highest BCUT2D eigenvalue weighted by atomic mass is 16.5. The van der Waals surface area contributed by atoms with Gasteiger partial charge in [-0.25, -0.2) is 0 Å². The van der Waals surface area contributed by atoms with Gasteiger partial charge in [0.05, 0.1) is 17.8 Å². The minimum atomic E-state index is 0.0703. The Kier molecular flexibility index (Phi) is 6.14. The Bertz CT molecular complexity index is 626. The summed E-state index contributed by atoms with van der Waals surface area (Å²) >= 11 is 0. The maximum Gasteiger partial charge on any atom is 0.249 e. The van der Waals surface area contributed by atoms with E-state index in [9.17, 15) is 4.79 Å². The number of aromatic nitrogens is 1. The van der Waals surface area contributed by atoms with Gasteiger partial charge in [-0.3, -0.25) is 9.78 Å². The second kappa shape index (κ2) is 8.35. The van der Waals surface area contributed by atoms with Crippen molar-refractivity contribution in [1.29, 1.82) is 0 Å². The van der Waals surface area contributed by atoms with Crippen molar-refractivity contribution in [1.82, 2.24) is 14.8 Å². The molecule has 2 fully saturated rings. The molecule has 0 radical (unpaired) electrons. The molecular weight excluding hydrogens is 328 g/mol. The number of likely N-dealkylation sites (N-methyl/N-ethyl adjacent to an activating group) is 1. The summed E-state index contributed by atoms with van der Waals surface area (Å²) in [6.45, 7) is 11.2. The van der Waals surface area contributed by atoms with E-state index in [0.29, 0.717) is 0 Å². The van der Waals surface area contributed by atoms with Crippen molar-refractivity contribution in [2.24, 2.45) is 0 Å². The molecule has 3 rings (SSSR count). The lowest BCUT2D eigenvalue weighted by molar-refractivity contribution is -0.138. The van der Waals surface area contributed by atoms with Crippen LogP contribution in [0.2, 0.25) is 0 Å². The Morgan fingerprint density at radius 3 is 2.65 bits per heavy atom. The van der Waals surface area contributed by atoms with Gasteiger partial charge in [-0.2, -0.15) is 0 Å². The third-order valence-electron chi connectivity index (χ3n) is 5.28. The normalized spacial score (nSPS) is 21.7. The zero-order chi connectivity index (χ0) is 18.7. The molecule has 0 N–H and O–H groups in total. The molecule has 1 atom stereocenters. The highest BCUT2D eigenvalue weighted by molar-refractivity contribution is 5.78. The topological polar surface area (TPSA) is 48.9 Å². The van der Waals surface area contributed by atoms with Gasteiger partial charge in [0.1, 0.15) is 6.61 Å². The smallest absolute Gasteiger partial charge is 0.249 e. The lowest BCUT2D eigenvalue weighted by atomic mass is 10.1. The summed E-state index contributed by atoms with van der Waals surface area (Å²) in [7, 11) is 2.17. The number of anilines is 1. The Morgan fingerprint density at radius 2 is 1.96 bits per heavy atom. The van der Waals surface area contributed by atoms with Crippen LogP contribution in [0.1, 0.15) is 44.1 Å². The molecule has 6 heteroatoms. The lowest BCUT2D eigenvalue weighted by Gasteiger charge is -2.34. The number of carbonyl (C=O) groups excluding carboxylic acids is 1. The Balaban J connectivity index is 1.76. The van der Waals surface area contributed by atoms with Crippen molar-refractivity contribution in [3.63, 3.8) is 0 Å². The van der Waals surface area contributed by atoms with E-state index >= 15 is 0 Å². The summed E-state index contributed by atoms with van der Waals surface area (Å²) in [4.78, 5) is 24.1. The van der Waals surface area contributed by atoms with Crippen LogP contribution in [0.25, 0.3) is 0 Å². The van der Waals surface area contributed by atoms with Gasteiger partial charge < -0.3 is 19.4 Å². The van der Waals surface area contributed by atoms with E-state index < -0.39 is 0 Å². The third-order valence-corrected chi connectivity index (χ3v) is 5.28. The number of rotatable bonds is 5. The number of amides is 1. The minimum absolute atomic E-state index is 0.0703. The number of ether oxygens (including phenoxy) is 1. The SMILES string of the molecule is Cc1cc(N2CCN(C)CC2)cc(C2CCCN2C(=O)COC(C)C)n1. The fraction of sp³-hybridized carbons (Fsp3) is 0.700. The molecule has 1 aromatic rings. The fourth-order valence-corrected chi connectivity index (χ4v) is 3.79. The van der Waals surface area contributed by atoms with Crippen LogP contribution in [0.5, 0.6) is 0 Å². The van der Waals surface area contributed by atoms with E-state index in [4.69, 9.17) is 9.72 Å². The molecule has 0 spiro atoms. The summed E-state index contributed by atoms with van der Waals surface area (Å²) in [5.41, 5.74) is 3.28. The van der Waals surface area contributed by atoms with Crippen molar-refractivity contribution in [2.75, 3.05) is 51.3 Å². The number of aryl methyl sites for hydroxylation is 1. The largest absolute Gasteiger partial charge is 0.369 e. The number of likely N-dealkylation sites (tertiary alicyclic amines) is 1. The first-order valence-electron chi connectivity index (χ1n) is 9.77. The molecule has 0 aromatic carbocycles. The van der Waals surface area contributed by atoms with Gasteiger partial charge in [0.2, 0.25) is 5.91 Å². The van der Waals surface area contributed by atoms with Crippen LogP contribution in [0.15, 0.2) is 12.1 Å². The first kappa shape index (κ1) is 19.1. The summed E-state index contributed by atoms with van der Waals surface area (Å²) < 4.78 is 5.53. The van der Waals surface area contributed by atoms with E-state index in [1.807, 2.05) is 25.7 Å². The average molecular weight is 361 g/mol. The first-order chi connectivity index (χ1) is 12.4. The lowest BCUT2D eigenvalue weighted by Crippen LogP contribution is -2.44. The van der Waals surface area contributed by atoms with Gasteiger partial charge >= 0.3 is 0 Å². The van der Waals surface area contributed by atoms with Crippen molar-refractivity contribution in [3.05, 3.63) is 23.5 Å². The highest BCUT2D eigenvalue weighted by Gasteiger charge is 2.31. The second-order valence-corrected chi connectivity index (χ2v) is 7.79. The van der Waals surface area contributed by atoms with Gasteiger partial charge in [0.15, 0.2) is 0 Å². The van der Waals surface area contributed by atoms with Crippen LogP contribution in [0, 0.1) is 6.92 Å². The number of hydrogen-bond acceptors (Lipinski definition) is 5. The van der Waals surface area contributed by atoms with Crippen LogP contribution in [-0.2, 0) is 9.53 Å². The van der Waals surface area contributed by atoms with Crippen LogP contribution in [0.4, 0.5) is 5.69 Å². The number of carbonyl (C=O) groups is 1. The van der Waals surface area contributed by atoms with Crippen LogP contribution in [0.3, 0.4) is 0 Å². The van der Waals surface area contributed by atoms with Gasteiger partial charge in [0.25, 0.3) is 0 Å². The Hall–Kier alpha value is -1.66. The molecule has 144 valence electrons. The van der Waals surface area contributed by atoms with Gasteiger partial charge in [0, 0.05) is 44.1 Å². The van der Waals surface area contributed by atoms with Crippen LogP contribution >= 0.6 is 0 Å². The number of nitrogens with zero attached hydrogens (tertiary/aromatic N) is 4. The monoisotopic (exact) mass is 360 g/mol. The van der Waals surface area contributed by atoms with Gasteiger partial charge in [-0.15, -0.1) is 0 Å². The maximum atomic E-state index is 12.6. The molecule has 1 amide bonds. The second-order valence-electron chi connectivity index (χ2n) is 7.79. The molecule has 0 bridgehead atoms. The predicted octanol–water partition coefficient (Wildman–Crippen LogP) is 2.23. The molecule has 6 nitrogen and oxygen atoms in total. The van der Waals surface area contributed by atoms with Crippen molar-refractivity contribution in [3.8, 4) is 0 Å². The van der Waals surface area contributed by atoms with Gasteiger partial charge in [-0.05, 0) is 52.8 Å². The number of pyridine rings is 1. The van der Waals surface area contributed by atoms with Gasteiger partial charge in [-0.1, -0.05) is 0 Å². The van der Waals surface area contributed by atoms with E-state index in [1.165, 1.54) is 5.69 Å². The molecule has 3 heterocycles. The van der Waals surface area contributed by atoms with E-state index in [-0.39, 0.29) is 24.7 Å². The molecule has 2 saturated heterocycles. The molecule has 1 aromatic heterocycles. The first-order valence-corrected chi connectivity index (χ1v) is 9.77. The molecular formula is C20H32N4O2. The van der Waals surface area contributed by atoms with E-state index in [1.54, 1.807) is 0 Å². The summed E-state index contributed by atoms with van der Waals surface area (Å²) in [5.74, 6) is 0.0747. The van der Waals surface area contributed by atoms with E-state index in [0.717, 1.165) is 57.0 Å². The minimum Gasteiger partial charge on any atom is -0.369 e. The molecule has 1 unspecified atom stereocenters. The zero-order valence-electron chi connectivity index (χ0n) is 16.6. The summed E-state index contributed by atoms with van der Waals surface area (Å²) in [6.07, 6.45) is 2.07. The predicted molar refractivity (Wildman–Crippen MR) is 103 cm³/mol. The van der Waals surface area contributed by atoms with Crippen LogP contribution < -0.4 is 4.90 Å². The standard InChI is InChI=1S/C20H32N4O2/c1-15(2)26-14-20(25)24-7-5-6-19(24)18-13-17(12-16(3)21-18)23-10-8-22(4)9-11-23/h12-13,15,19H,5-11,14H2,1-4H3. The zero-order valence-corrected chi connectivity index (χ0v) is 16.6. The molecule has 26 heavy (non-hydrogen) atoms. The summed E-state index contributed by atoms with van der Waals surface area (Å²) in [6, 6.07) is 4.43. The molecule has 0 aliphatic carbocycles. The summed E-state index contributed by atoms with van der Waals surface area (Å²) in [5, 5.41) is 0. The molecule has 2 aliphatic heterocycles. The quantitative estimate of drug-likeness (QED) is 0.806. The number of hydrogen-bond donors (Lipinski definition) is 0.